The highest BCUT2D eigenvalue weighted by Gasteiger charge is 2.16. The molecular formula is C17H14FN3O3. The molecule has 0 saturated heterocycles. The number of hydrogen-bond acceptors (Lipinski definition) is 5. The summed E-state index contributed by atoms with van der Waals surface area (Å²) in [5.74, 6) is -0.701. The molecule has 0 unspecified atom stereocenters. The molecule has 1 N–H and O–H groups in total. The smallest absolute Gasteiger partial charge is 0.322 e. The van der Waals surface area contributed by atoms with E-state index in [-0.39, 0.29) is 17.5 Å². The number of nitrogens with zero attached hydrogens (tertiary/aromatic N) is 2. The first-order valence-corrected chi connectivity index (χ1v) is 7.17. The summed E-state index contributed by atoms with van der Waals surface area (Å²) in [5.41, 5.74) is 1.44. The van der Waals surface area contributed by atoms with Crippen LogP contribution in [-0.4, -0.2) is 15.9 Å². The van der Waals surface area contributed by atoms with Crippen molar-refractivity contribution in [3.63, 3.8) is 0 Å². The molecule has 2 heterocycles. The van der Waals surface area contributed by atoms with E-state index in [0.29, 0.717) is 17.1 Å². The van der Waals surface area contributed by atoms with Crippen molar-refractivity contribution in [1.29, 1.82) is 0 Å². The van der Waals surface area contributed by atoms with Crippen LogP contribution in [0.25, 0.3) is 0 Å². The third-order valence-electron chi connectivity index (χ3n) is 3.27. The summed E-state index contributed by atoms with van der Waals surface area (Å²) in [6.45, 7) is 3.39. The van der Waals surface area contributed by atoms with Crippen molar-refractivity contribution >= 4 is 11.6 Å². The summed E-state index contributed by atoms with van der Waals surface area (Å²) >= 11 is 0. The van der Waals surface area contributed by atoms with E-state index in [9.17, 15) is 9.18 Å². The molecule has 1 aromatic carbocycles. The first kappa shape index (κ1) is 15.7. The molecule has 1 amide bonds. The minimum Gasteiger partial charge on any atom is -0.459 e. The Balaban J connectivity index is 1.84. The predicted molar refractivity (Wildman–Crippen MR) is 84.6 cm³/mol. The van der Waals surface area contributed by atoms with Crippen LogP contribution in [0.4, 0.5) is 10.1 Å². The van der Waals surface area contributed by atoms with Gasteiger partial charge in [0.25, 0.3) is 5.91 Å². The second-order valence-corrected chi connectivity index (χ2v) is 5.02. The first-order valence-electron chi connectivity index (χ1n) is 7.17. The minimum absolute atomic E-state index is 0.00565. The topological polar surface area (TPSA) is 77.3 Å². The molecule has 6 nitrogen and oxygen atoms in total. The number of rotatable bonds is 4. The molecule has 7 heteroatoms. The summed E-state index contributed by atoms with van der Waals surface area (Å²) in [6.07, 6.45) is 1.41. The number of aromatic nitrogens is 2. The molecule has 3 rings (SSSR count). The van der Waals surface area contributed by atoms with Gasteiger partial charge in [-0.3, -0.25) is 4.79 Å². The average molecular weight is 327 g/mol. The van der Waals surface area contributed by atoms with Crippen LogP contribution in [-0.2, 0) is 0 Å². The Bertz CT molecular complexity index is 856. The van der Waals surface area contributed by atoms with Crippen molar-refractivity contribution in [2.45, 2.75) is 13.8 Å². The number of furan rings is 1. The van der Waals surface area contributed by atoms with Crippen LogP contribution in [0.5, 0.6) is 11.8 Å². The Morgan fingerprint density at radius 1 is 1.12 bits per heavy atom. The normalized spacial score (nSPS) is 10.5. The lowest BCUT2D eigenvalue weighted by atomic mass is 10.2. The number of carbonyl (C=O) groups is 1. The molecule has 0 spiro atoms. The molecule has 0 radical (unpaired) electrons. The van der Waals surface area contributed by atoms with Gasteiger partial charge in [-0.05, 0) is 38.1 Å². The maximum absolute atomic E-state index is 13.6. The summed E-state index contributed by atoms with van der Waals surface area (Å²) < 4.78 is 24.1. The van der Waals surface area contributed by atoms with Crippen LogP contribution in [0, 0.1) is 19.7 Å². The Hall–Kier alpha value is -3.22. The SMILES string of the molecule is Cc1nc(Oc2ccccc2F)nc(C)c1NC(=O)c1ccco1. The van der Waals surface area contributed by atoms with Gasteiger partial charge >= 0.3 is 6.01 Å². The lowest BCUT2D eigenvalue weighted by molar-refractivity contribution is 0.0996. The van der Waals surface area contributed by atoms with Gasteiger partial charge in [0.15, 0.2) is 17.3 Å². The van der Waals surface area contributed by atoms with E-state index in [0.717, 1.165) is 0 Å². The highest BCUT2D eigenvalue weighted by atomic mass is 19.1. The third kappa shape index (κ3) is 3.24. The number of halogens is 1. The number of anilines is 1. The fourth-order valence-corrected chi connectivity index (χ4v) is 2.12. The van der Waals surface area contributed by atoms with Crippen molar-refractivity contribution < 1.29 is 18.3 Å². The number of ether oxygens (including phenoxy) is 1. The van der Waals surface area contributed by atoms with Crippen LogP contribution >= 0.6 is 0 Å². The van der Waals surface area contributed by atoms with Gasteiger partial charge in [0, 0.05) is 0 Å². The molecule has 0 atom stereocenters. The molecule has 0 fully saturated rings. The van der Waals surface area contributed by atoms with E-state index >= 15 is 0 Å². The van der Waals surface area contributed by atoms with Gasteiger partial charge in [0.2, 0.25) is 0 Å². The second kappa shape index (κ2) is 6.49. The van der Waals surface area contributed by atoms with Crippen LogP contribution in [0.1, 0.15) is 21.9 Å². The second-order valence-electron chi connectivity index (χ2n) is 5.02. The molecule has 0 aliphatic carbocycles. The van der Waals surface area contributed by atoms with Crippen molar-refractivity contribution in [3.8, 4) is 11.8 Å². The van der Waals surface area contributed by atoms with E-state index in [1.807, 2.05) is 0 Å². The number of carbonyl (C=O) groups excluding carboxylic acids is 1. The Morgan fingerprint density at radius 3 is 2.46 bits per heavy atom. The lowest BCUT2D eigenvalue weighted by Gasteiger charge is -2.12. The quantitative estimate of drug-likeness (QED) is 0.787. The molecule has 3 aromatic rings. The minimum atomic E-state index is -0.508. The Kier molecular flexibility index (Phi) is 4.24. The summed E-state index contributed by atoms with van der Waals surface area (Å²) in [4.78, 5) is 20.4. The van der Waals surface area contributed by atoms with Crippen molar-refractivity contribution in [1.82, 2.24) is 9.97 Å². The lowest BCUT2D eigenvalue weighted by Crippen LogP contribution is -2.14. The number of amides is 1. The maximum Gasteiger partial charge on any atom is 0.322 e. The van der Waals surface area contributed by atoms with E-state index in [1.165, 1.54) is 18.4 Å². The Labute approximate surface area is 137 Å². The van der Waals surface area contributed by atoms with Gasteiger partial charge in [-0.2, -0.15) is 9.97 Å². The van der Waals surface area contributed by atoms with Crippen molar-refractivity contribution in [2.75, 3.05) is 5.32 Å². The van der Waals surface area contributed by atoms with Gasteiger partial charge < -0.3 is 14.5 Å². The van der Waals surface area contributed by atoms with Gasteiger partial charge in [-0.15, -0.1) is 0 Å². The standard InChI is InChI=1S/C17H14FN3O3/c1-10-15(21-16(22)14-8-5-9-23-14)11(2)20-17(19-10)24-13-7-4-3-6-12(13)18/h3-9H,1-2H3,(H,21,22). The average Bonchev–Trinajstić information content (AvgIpc) is 3.07. The zero-order valence-electron chi connectivity index (χ0n) is 13.0. The monoisotopic (exact) mass is 327 g/mol. The van der Waals surface area contributed by atoms with E-state index in [4.69, 9.17) is 9.15 Å². The fourth-order valence-electron chi connectivity index (χ4n) is 2.12. The maximum atomic E-state index is 13.6. The summed E-state index contributed by atoms with van der Waals surface area (Å²) in [7, 11) is 0. The highest BCUT2D eigenvalue weighted by Crippen LogP contribution is 2.25. The molecule has 0 saturated carbocycles. The van der Waals surface area contributed by atoms with Crippen molar-refractivity contribution in [2.24, 2.45) is 0 Å². The van der Waals surface area contributed by atoms with Crippen molar-refractivity contribution in [3.05, 3.63) is 65.6 Å². The van der Waals surface area contributed by atoms with Gasteiger partial charge in [-0.25, -0.2) is 4.39 Å². The van der Waals surface area contributed by atoms with E-state index in [2.05, 4.69) is 15.3 Å². The molecule has 0 aliphatic rings. The largest absolute Gasteiger partial charge is 0.459 e. The number of aryl methyl sites for hydroxylation is 2. The Morgan fingerprint density at radius 2 is 1.83 bits per heavy atom. The third-order valence-corrected chi connectivity index (χ3v) is 3.27. The molecule has 24 heavy (non-hydrogen) atoms. The zero-order valence-corrected chi connectivity index (χ0v) is 13.0. The van der Waals surface area contributed by atoms with Gasteiger partial charge in [0.1, 0.15) is 0 Å². The summed E-state index contributed by atoms with van der Waals surface area (Å²) in [6, 6.07) is 9.16. The highest BCUT2D eigenvalue weighted by molar-refractivity contribution is 6.02. The zero-order chi connectivity index (χ0) is 17.1. The van der Waals surface area contributed by atoms with Crippen LogP contribution in [0.3, 0.4) is 0 Å². The van der Waals surface area contributed by atoms with Gasteiger partial charge in [0.05, 0.1) is 23.3 Å². The summed E-state index contributed by atoms with van der Waals surface area (Å²) in [5, 5.41) is 2.70. The molecular weight excluding hydrogens is 313 g/mol. The number of nitrogens with one attached hydrogen (secondary N) is 1. The predicted octanol–water partition coefficient (Wildman–Crippen LogP) is 3.87. The molecule has 0 aliphatic heterocycles. The van der Waals surface area contributed by atoms with E-state index < -0.39 is 11.7 Å². The van der Waals surface area contributed by atoms with E-state index in [1.54, 1.807) is 38.1 Å². The molecule has 0 bridgehead atoms. The number of para-hydroxylation sites is 1. The first-order chi connectivity index (χ1) is 11.5. The van der Waals surface area contributed by atoms with Crippen LogP contribution in [0.2, 0.25) is 0 Å². The van der Waals surface area contributed by atoms with Crippen LogP contribution in [0.15, 0.2) is 47.1 Å². The molecule has 2 aromatic heterocycles. The number of benzene rings is 1. The molecule has 122 valence electrons. The number of hydrogen-bond donors (Lipinski definition) is 1. The van der Waals surface area contributed by atoms with Crippen LogP contribution < -0.4 is 10.1 Å². The fraction of sp³-hybridized carbons (Fsp3) is 0.118. The van der Waals surface area contributed by atoms with Gasteiger partial charge in [-0.1, -0.05) is 12.1 Å².